The summed E-state index contributed by atoms with van der Waals surface area (Å²) in [6.45, 7) is 3.56. The predicted octanol–water partition coefficient (Wildman–Crippen LogP) is 1.25. The highest BCUT2D eigenvalue weighted by Crippen LogP contribution is 2.24. The summed E-state index contributed by atoms with van der Waals surface area (Å²) < 4.78 is 0. The van der Waals surface area contributed by atoms with Crippen molar-refractivity contribution in [2.75, 3.05) is 0 Å². The zero-order valence-corrected chi connectivity index (χ0v) is 6.83. The van der Waals surface area contributed by atoms with Crippen LogP contribution in [-0.2, 0) is 0 Å². The Morgan fingerprint density at radius 3 is 2.36 bits per heavy atom. The minimum Gasteiger partial charge on any atom is -0.347 e. The number of hydrogen-bond acceptors (Lipinski definition) is 2. The molecule has 0 fully saturated rings. The van der Waals surface area contributed by atoms with Crippen LogP contribution in [0.5, 0.6) is 0 Å². The van der Waals surface area contributed by atoms with E-state index in [9.17, 15) is 0 Å². The molecule has 0 aliphatic carbocycles. The highest BCUT2D eigenvalue weighted by atomic mass is 31.2. The van der Waals surface area contributed by atoms with Crippen LogP contribution < -0.4 is 5.30 Å². The molecule has 0 saturated carbocycles. The molecule has 0 aliphatic heterocycles. The van der Waals surface area contributed by atoms with Crippen molar-refractivity contribution in [1.29, 1.82) is 0 Å². The lowest BCUT2D eigenvalue weighted by Gasteiger charge is -2.04. The van der Waals surface area contributed by atoms with E-state index in [0.717, 1.165) is 5.56 Å². The van der Waals surface area contributed by atoms with Gasteiger partial charge in [-0.1, -0.05) is 30.9 Å². The number of benzene rings is 1. The molecule has 11 heavy (non-hydrogen) atoms. The third kappa shape index (κ3) is 1.87. The maximum absolute atomic E-state index is 8.91. The van der Waals surface area contributed by atoms with Crippen molar-refractivity contribution in [3.63, 3.8) is 0 Å². The molecule has 0 bridgehead atoms. The Morgan fingerprint density at radius 1 is 1.27 bits per heavy atom. The largest absolute Gasteiger partial charge is 0.347 e. The van der Waals surface area contributed by atoms with Crippen LogP contribution >= 0.6 is 8.38 Å². The second-order valence-corrected chi connectivity index (χ2v) is 3.11. The van der Waals surface area contributed by atoms with E-state index in [1.807, 2.05) is 6.07 Å². The van der Waals surface area contributed by atoms with Gasteiger partial charge >= 0.3 is 0 Å². The van der Waals surface area contributed by atoms with Gasteiger partial charge in [0.1, 0.15) is 0 Å². The van der Waals surface area contributed by atoms with Gasteiger partial charge in [-0.3, -0.25) is 0 Å². The Hall–Kier alpha value is -0.690. The molecule has 0 unspecified atom stereocenters. The molecular weight excluding hydrogens is 159 g/mol. The van der Waals surface area contributed by atoms with Gasteiger partial charge in [0.05, 0.1) is 0 Å². The zero-order chi connectivity index (χ0) is 8.27. The zero-order valence-electron chi connectivity index (χ0n) is 5.94. The molecule has 2 nitrogen and oxygen atoms in total. The van der Waals surface area contributed by atoms with E-state index >= 15 is 0 Å². The highest BCUT2D eigenvalue weighted by molar-refractivity contribution is 7.54. The molecular formula is C8H9O2P. The lowest BCUT2D eigenvalue weighted by Crippen LogP contribution is -2.03. The van der Waals surface area contributed by atoms with Crippen molar-refractivity contribution in [2.45, 2.75) is 0 Å². The highest BCUT2D eigenvalue weighted by Gasteiger charge is 2.05. The van der Waals surface area contributed by atoms with Crippen molar-refractivity contribution in [1.82, 2.24) is 0 Å². The standard InChI is InChI=1S/C8H9O2P/c1-2-7-5-3-4-6-8(7)11(9)10/h2-6,9-10H,1H2. The van der Waals surface area contributed by atoms with Crippen LogP contribution in [-0.4, -0.2) is 9.79 Å². The Kier molecular flexibility index (Phi) is 2.77. The Bertz CT molecular complexity index is 258. The first-order valence-electron chi connectivity index (χ1n) is 3.15. The molecule has 1 aromatic carbocycles. The fourth-order valence-electron chi connectivity index (χ4n) is 0.842. The molecule has 58 valence electrons. The third-order valence-electron chi connectivity index (χ3n) is 1.37. The first-order valence-corrected chi connectivity index (χ1v) is 4.40. The summed E-state index contributed by atoms with van der Waals surface area (Å²) in [6.07, 6.45) is 1.61. The van der Waals surface area contributed by atoms with Crippen molar-refractivity contribution >= 4 is 19.8 Å². The molecule has 0 aliphatic rings. The van der Waals surface area contributed by atoms with E-state index in [-0.39, 0.29) is 0 Å². The van der Waals surface area contributed by atoms with Crippen LogP contribution in [0.25, 0.3) is 6.08 Å². The fraction of sp³-hybridized carbons (Fsp3) is 0. The summed E-state index contributed by atoms with van der Waals surface area (Å²) in [5.74, 6) is 0. The Morgan fingerprint density at radius 2 is 1.91 bits per heavy atom. The molecule has 3 heteroatoms. The smallest absolute Gasteiger partial charge is 0.200 e. The number of rotatable bonds is 2. The Labute approximate surface area is 66.7 Å². The molecule has 0 radical (unpaired) electrons. The molecule has 0 saturated heterocycles. The van der Waals surface area contributed by atoms with Gasteiger partial charge in [-0.25, -0.2) is 0 Å². The van der Waals surface area contributed by atoms with Gasteiger partial charge < -0.3 is 9.79 Å². The summed E-state index contributed by atoms with van der Waals surface area (Å²) in [5, 5.41) is 0.553. The summed E-state index contributed by atoms with van der Waals surface area (Å²) in [4.78, 5) is 17.8. The van der Waals surface area contributed by atoms with Crippen LogP contribution in [0.3, 0.4) is 0 Å². The summed E-state index contributed by atoms with van der Waals surface area (Å²) in [5.41, 5.74) is 0.781. The fourth-order valence-corrected chi connectivity index (χ4v) is 1.46. The maximum Gasteiger partial charge on any atom is 0.200 e. The molecule has 0 amide bonds. The van der Waals surface area contributed by atoms with Crippen LogP contribution in [0, 0.1) is 0 Å². The summed E-state index contributed by atoms with van der Waals surface area (Å²) in [7, 11) is -1.99. The van der Waals surface area contributed by atoms with E-state index in [1.165, 1.54) is 0 Å². The lowest BCUT2D eigenvalue weighted by atomic mass is 10.2. The van der Waals surface area contributed by atoms with Crippen LogP contribution in [0.1, 0.15) is 5.56 Å². The van der Waals surface area contributed by atoms with Crippen LogP contribution in [0.4, 0.5) is 0 Å². The van der Waals surface area contributed by atoms with Gasteiger partial charge in [-0.05, 0) is 11.6 Å². The average molecular weight is 168 g/mol. The van der Waals surface area contributed by atoms with Crippen molar-refractivity contribution in [3.05, 3.63) is 36.4 Å². The molecule has 2 N–H and O–H groups in total. The molecule has 0 atom stereocenters. The summed E-state index contributed by atoms with van der Waals surface area (Å²) >= 11 is 0. The predicted molar refractivity (Wildman–Crippen MR) is 47.5 cm³/mol. The van der Waals surface area contributed by atoms with Gasteiger partial charge in [0.2, 0.25) is 0 Å². The van der Waals surface area contributed by atoms with Gasteiger partial charge in [-0.15, -0.1) is 0 Å². The van der Waals surface area contributed by atoms with E-state index in [0.29, 0.717) is 5.30 Å². The van der Waals surface area contributed by atoms with E-state index < -0.39 is 8.38 Å². The third-order valence-corrected chi connectivity index (χ3v) is 2.21. The maximum atomic E-state index is 8.91. The second kappa shape index (κ2) is 3.63. The first kappa shape index (κ1) is 8.41. The first-order chi connectivity index (χ1) is 5.25. The van der Waals surface area contributed by atoms with E-state index in [2.05, 4.69) is 6.58 Å². The minimum absolute atomic E-state index is 0.553. The van der Waals surface area contributed by atoms with Crippen molar-refractivity contribution in [3.8, 4) is 0 Å². The molecule has 1 aromatic rings. The molecule has 0 aromatic heterocycles. The molecule has 0 heterocycles. The van der Waals surface area contributed by atoms with Crippen molar-refractivity contribution < 1.29 is 9.79 Å². The lowest BCUT2D eigenvalue weighted by molar-refractivity contribution is 0.497. The van der Waals surface area contributed by atoms with Crippen LogP contribution in [0.15, 0.2) is 30.8 Å². The van der Waals surface area contributed by atoms with Gasteiger partial charge in [0, 0.05) is 5.30 Å². The summed E-state index contributed by atoms with van der Waals surface area (Å²) in [6, 6.07) is 7.08. The monoisotopic (exact) mass is 168 g/mol. The molecule has 0 spiro atoms. The van der Waals surface area contributed by atoms with E-state index in [4.69, 9.17) is 9.79 Å². The topological polar surface area (TPSA) is 40.5 Å². The average Bonchev–Trinajstić information content (AvgIpc) is 2.04. The van der Waals surface area contributed by atoms with Gasteiger partial charge in [0.15, 0.2) is 8.38 Å². The quantitative estimate of drug-likeness (QED) is 0.652. The van der Waals surface area contributed by atoms with E-state index in [1.54, 1.807) is 24.3 Å². The van der Waals surface area contributed by atoms with Gasteiger partial charge in [-0.2, -0.15) is 0 Å². The van der Waals surface area contributed by atoms with Crippen molar-refractivity contribution in [2.24, 2.45) is 0 Å². The minimum atomic E-state index is -1.99. The Balaban J connectivity index is 3.12. The normalized spacial score (nSPS) is 10.1. The number of hydrogen-bond donors (Lipinski definition) is 2. The molecule has 1 rings (SSSR count). The second-order valence-electron chi connectivity index (χ2n) is 2.05. The SMILES string of the molecule is C=Cc1ccccc1P(O)O. The van der Waals surface area contributed by atoms with Crippen LogP contribution in [0.2, 0.25) is 0 Å². The van der Waals surface area contributed by atoms with Gasteiger partial charge in [0.25, 0.3) is 0 Å².